The lowest BCUT2D eigenvalue weighted by Crippen LogP contribution is -2.39. The highest BCUT2D eigenvalue weighted by atomic mass is 32.2. The first kappa shape index (κ1) is 20.3. The Hall–Kier alpha value is -1.99. The van der Waals surface area contributed by atoms with Crippen LogP contribution in [0.2, 0.25) is 0 Å². The van der Waals surface area contributed by atoms with Crippen molar-refractivity contribution in [3.05, 3.63) is 36.9 Å². The zero-order valence-corrected chi connectivity index (χ0v) is 16.1. The van der Waals surface area contributed by atoms with Crippen LogP contribution in [0.15, 0.2) is 36.9 Å². The van der Waals surface area contributed by atoms with E-state index in [0.717, 1.165) is 43.4 Å². The molecule has 7 heteroatoms. The average molecular weight is 378 g/mol. The molecule has 2 amide bonds. The quantitative estimate of drug-likeness (QED) is 0.528. The van der Waals surface area contributed by atoms with E-state index < -0.39 is 0 Å². The van der Waals surface area contributed by atoms with Gasteiger partial charge in [-0.05, 0) is 31.2 Å². The Morgan fingerprint density at radius 1 is 1.31 bits per heavy atom. The third-order valence-electron chi connectivity index (χ3n) is 4.06. The van der Waals surface area contributed by atoms with Crippen molar-refractivity contribution in [2.24, 2.45) is 0 Å². The number of hydrogen-bond acceptors (Lipinski definition) is 5. The Bertz CT molecular complexity index is 601. The molecule has 0 saturated carbocycles. The van der Waals surface area contributed by atoms with E-state index in [1.807, 2.05) is 31.2 Å². The average Bonchev–Trinajstić information content (AvgIpc) is 2.67. The van der Waals surface area contributed by atoms with E-state index in [0.29, 0.717) is 12.3 Å². The molecule has 1 aromatic carbocycles. The molecule has 1 N–H and O–H groups in total. The molecular weight excluding hydrogens is 350 g/mol. The van der Waals surface area contributed by atoms with Gasteiger partial charge in [-0.3, -0.25) is 9.59 Å². The monoisotopic (exact) mass is 377 g/mol. The van der Waals surface area contributed by atoms with Crippen molar-refractivity contribution in [3.63, 3.8) is 0 Å². The lowest BCUT2D eigenvalue weighted by molar-refractivity contribution is -0.132. The van der Waals surface area contributed by atoms with Gasteiger partial charge in [-0.25, -0.2) is 0 Å². The van der Waals surface area contributed by atoms with Crippen LogP contribution in [0, 0.1) is 0 Å². The lowest BCUT2D eigenvalue weighted by atomic mass is 10.2. The first-order valence-corrected chi connectivity index (χ1v) is 9.98. The zero-order chi connectivity index (χ0) is 18.8. The molecule has 6 nitrogen and oxygen atoms in total. The fraction of sp³-hybridized carbons (Fsp3) is 0.474. The minimum atomic E-state index is -0.187. The Labute approximate surface area is 159 Å². The number of anilines is 2. The highest BCUT2D eigenvalue weighted by molar-refractivity contribution is 8.00. The van der Waals surface area contributed by atoms with E-state index in [2.05, 4.69) is 16.8 Å². The van der Waals surface area contributed by atoms with E-state index in [4.69, 9.17) is 4.74 Å². The fourth-order valence-corrected chi connectivity index (χ4v) is 3.29. The van der Waals surface area contributed by atoms with E-state index in [1.54, 1.807) is 11.0 Å². The number of amides is 2. The smallest absolute Gasteiger partial charge is 0.243 e. The molecule has 1 fully saturated rings. The molecule has 1 aliphatic rings. The summed E-state index contributed by atoms with van der Waals surface area (Å²) in [7, 11) is 0. The van der Waals surface area contributed by atoms with Crippen LogP contribution in [-0.2, 0) is 14.3 Å². The van der Waals surface area contributed by atoms with E-state index in [-0.39, 0.29) is 18.4 Å². The number of benzene rings is 1. The Kier molecular flexibility index (Phi) is 8.50. The Morgan fingerprint density at radius 2 is 2.00 bits per heavy atom. The minimum Gasteiger partial charge on any atom is -0.378 e. The summed E-state index contributed by atoms with van der Waals surface area (Å²) in [5, 5.41) is 2.86. The van der Waals surface area contributed by atoms with Crippen LogP contribution in [0.4, 0.5) is 11.4 Å². The third-order valence-corrected chi connectivity index (χ3v) is 4.98. The van der Waals surface area contributed by atoms with Crippen molar-refractivity contribution < 1.29 is 14.3 Å². The molecule has 1 aliphatic heterocycles. The standard InChI is InChI=1S/C19H27N3O3S/c1-3-13-26-15-19(24)21(4-2)14-18(23)20-16-5-7-17(8-6-16)22-9-11-25-12-10-22/h3,5-8H,1,4,9-15H2,2H3,(H,20,23). The van der Waals surface area contributed by atoms with E-state index in [1.165, 1.54) is 11.8 Å². The second-order valence-corrected chi connectivity index (χ2v) is 6.94. The van der Waals surface area contributed by atoms with Crippen molar-refractivity contribution in [1.82, 2.24) is 4.90 Å². The van der Waals surface area contributed by atoms with Crippen LogP contribution in [0.3, 0.4) is 0 Å². The summed E-state index contributed by atoms with van der Waals surface area (Å²) in [6, 6.07) is 7.77. The van der Waals surface area contributed by atoms with Crippen LogP contribution in [0.5, 0.6) is 0 Å². The van der Waals surface area contributed by atoms with Crippen molar-refractivity contribution >= 4 is 35.0 Å². The summed E-state index contributed by atoms with van der Waals surface area (Å²) in [4.78, 5) is 28.2. The Balaban J connectivity index is 1.83. The molecule has 142 valence electrons. The van der Waals surface area contributed by atoms with Crippen molar-refractivity contribution in [3.8, 4) is 0 Å². The number of ether oxygens (including phenoxy) is 1. The van der Waals surface area contributed by atoms with Crippen molar-refractivity contribution in [2.75, 3.05) is 61.1 Å². The lowest BCUT2D eigenvalue weighted by Gasteiger charge is -2.29. The molecule has 1 saturated heterocycles. The van der Waals surface area contributed by atoms with Gasteiger partial charge in [0.2, 0.25) is 11.8 Å². The summed E-state index contributed by atoms with van der Waals surface area (Å²) in [5.41, 5.74) is 1.85. The van der Waals surface area contributed by atoms with Crippen molar-refractivity contribution in [1.29, 1.82) is 0 Å². The van der Waals surface area contributed by atoms with Crippen molar-refractivity contribution in [2.45, 2.75) is 6.92 Å². The molecule has 1 aromatic rings. The first-order valence-electron chi connectivity index (χ1n) is 8.83. The highest BCUT2D eigenvalue weighted by Gasteiger charge is 2.16. The van der Waals surface area contributed by atoms with Gasteiger partial charge in [-0.15, -0.1) is 18.3 Å². The first-order chi connectivity index (χ1) is 12.6. The van der Waals surface area contributed by atoms with Gasteiger partial charge in [-0.2, -0.15) is 0 Å². The van der Waals surface area contributed by atoms with Crippen LogP contribution in [-0.4, -0.2) is 67.6 Å². The third kappa shape index (κ3) is 6.38. The number of likely N-dealkylation sites (N-methyl/N-ethyl adjacent to an activating group) is 1. The van der Waals surface area contributed by atoms with Gasteiger partial charge in [-0.1, -0.05) is 6.08 Å². The maximum Gasteiger partial charge on any atom is 0.243 e. The van der Waals surface area contributed by atoms with Gasteiger partial charge in [0.05, 0.1) is 25.5 Å². The van der Waals surface area contributed by atoms with Gasteiger partial charge < -0.3 is 19.9 Å². The van der Waals surface area contributed by atoms with E-state index in [9.17, 15) is 9.59 Å². The summed E-state index contributed by atoms with van der Waals surface area (Å²) in [6.45, 7) is 9.32. The topological polar surface area (TPSA) is 61.9 Å². The van der Waals surface area contributed by atoms with Gasteiger partial charge >= 0.3 is 0 Å². The summed E-state index contributed by atoms with van der Waals surface area (Å²) in [5.74, 6) is 0.872. The number of nitrogens with zero attached hydrogens (tertiary/aromatic N) is 2. The normalized spacial score (nSPS) is 14.0. The zero-order valence-electron chi connectivity index (χ0n) is 15.3. The molecule has 1 heterocycles. The summed E-state index contributed by atoms with van der Waals surface area (Å²) < 4.78 is 5.36. The molecule has 2 rings (SSSR count). The van der Waals surface area contributed by atoms with Gasteiger partial charge in [0.1, 0.15) is 0 Å². The molecule has 0 spiro atoms. The number of morpholine rings is 1. The molecule has 0 atom stereocenters. The molecule has 0 unspecified atom stereocenters. The van der Waals surface area contributed by atoms with Crippen LogP contribution in [0.1, 0.15) is 6.92 Å². The minimum absolute atomic E-state index is 0.0304. The molecular formula is C19H27N3O3S. The van der Waals surface area contributed by atoms with Gasteiger partial charge in [0.25, 0.3) is 0 Å². The largest absolute Gasteiger partial charge is 0.378 e. The van der Waals surface area contributed by atoms with Gasteiger partial charge in [0, 0.05) is 36.8 Å². The molecule has 0 radical (unpaired) electrons. The van der Waals surface area contributed by atoms with E-state index >= 15 is 0 Å². The summed E-state index contributed by atoms with van der Waals surface area (Å²) >= 11 is 1.50. The molecule has 0 bridgehead atoms. The summed E-state index contributed by atoms with van der Waals surface area (Å²) in [6.07, 6.45) is 1.77. The Morgan fingerprint density at radius 3 is 2.62 bits per heavy atom. The van der Waals surface area contributed by atoms with Gasteiger partial charge in [0.15, 0.2) is 0 Å². The van der Waals surface area contributed by atoms with Crippen LogP contribution in [0.25, 0.3) is 0 Å². The van der Waals surface area contributed by atoms with Crippen LogP contribution >= 0.6 is 11.8 Å². The number of carbonyl (C=O) groups excluding carboxylic acids is 2. The maximum absolute atomic E-state index is 12.2. The number of thioether (sulfide) groups is 1. The predicted octanol–water partition coefficient (Wildman–Crippen LogP) is 2.23. The number of hydrogen-bond donors (Lipinski definition) is 1. The highest BCUT2D eigenvalue weighted by Crippen LogP contribution is 2.19. The maximum atomic E-state index is 12.2. The molecule has 0 aliphatic carbocycles. The number of nitrogens with one attached hydrogen (secondary N) is 1. The van der Waals surface area contributed by atoms with Crippen LogP contribution < -0.4 is 10.2 Å². The number of carbonyl (C=O) groups is 2. The molecule has 26 heavy (non-hydrogen) atoms. The fourth-order valence-electron chi connectivity index (χ4n) is 2.65. The SMILES string of the molecule is C=CCSCC(=O)N(CC)CC(=O)Nc1ccc(N2CCOCC2)cc1. The second-order valence-electron chi connectivity index (χ2n) is 5.91. The predicted molar refractivity (Wildman–Crippen MR) is 108 cm³/mol. The molecule has 0 aromatic heterocycles. The second kappa shape index (κ2) is 10.9. The number of rotatable bonds is 9.